The van der Waals surface area contributed by atoms with Crippen LogP contribution in [0.4, 0.5) is 21.0 Å². The van der Waals surface area contributed by atoms with E-state index in [1.54, 1.807) is 14.2 Å². The highest BCUT2D eigenvalue weighted by atomic mass is 16.6. The highest BCUT2D eigenvalue weighted by Gasteiger charge is 2.10. The van der Waals surface area contributed by atoms with E-state index in [0.29, 0.717) is 26.1 Å². The van der Waals surface area contributed by atoms with Gasteiger partial charge in [-0.25, -0.2) is 9.59 Å². The fourth-order valence-electron chi connectivity index (χ4n) is 3.19. The molecule has 0 bridgehead atoms. The van der Waals surface area contributed by atoms with Crippen molar-refractivity contribution < 1.29 is 28.6 Å². The molecule has 0 saturated heterocycles. The lowest BCUT2D eigenvalue weighted by Crippen LogP contribution is -2.38. The van der Waals surface area contributed by atoms with E-state index in [9.17, 15) is 14.4 Å². The van der Waals surface area contributed by atoms with Gasteiger partial charge >= 0.3 is 12.2 Å². The van der Waals surface area contributed by atoms with Crippen molar-refractivity contribution in [3.8, 4) is 0 Å². The molecule has 2 aromatic rings. The van der Waals surface area contributed by atoms with Gasteiger partial charge in [0.25, 0.3) is 0 Å². The number of benzene rings is 2. The van der Waals surface area contributed by atoms with Crippen molar-refractivity contribution >= 4 is 29.5 Å². The van der Waals surface area contributed by atoms with Crippen molar-refractivity contribution in [3.05, 3.63) is 59.7 Å². The average molecular weight is 621 g/mol. The minimum absolute atomic E-state index is 0.165. The molecule has 0 aliphatic heterocycles. The van der Waals surface area contributed by atoms with Gasteiger partial charge in [-0.2, -0.15) is 0 Å². The number of anilines is 2. The third-order valence-corrected chi connectivity index (χ3v) is 5.60. The molecular formula is C32H56N6O6. The Labute approximate surface area is 264 Å². The number of ether oxygens (including phenoxy) is 3. The zero-order chi connectivity index (χ0) is 33.6. The zero-order valence-corrected chi connectivity index (χ0v) is 27.9. The first-order chi connectivity index (χ1) is 21.3. The molecule has 2 rings (SSSR count). The van der Waals surface area contributed by atoms with Gasteiger partial charge in [0.05, 0.1) is 12.6 Å². The number of nitrogens with one attached hydrogen (secondary N) is 5. The molecule has 0 aromatic heterocycles. The molecule has 12 nitrogen and oxygen atoms in total. The first-order valence-corrected chi connectivity index (χ1v) is 15.1. The highest BCUT2D eigenvalue weighted by molar-refractivity contribution is 5.81. The molecule has 0 spiro atoms. The molecule has 1 unspecified atom stereocenters. The van der Waals surface area contributed by atoms with Crippen LogP contribution in [0.15, 0.2) is 48.5 Å². The normalized spacial score (nSPS) is 10.0. The third-order valence-electron chi connectivity index (χ3n) is 5.60. The van der Waals surface area contributed by atoms with E-state index < -0.39 is 18.2 Å². The predicted molar refractivity (Wildman–Crippen MR) is 179 cm³/mol. The smallest absolute Gasteiger partial charge is 0.407 e. The number of hydrogen-bond donors (Lipinski definition) is 6. The van der Waals surface area contributed by atoms with Gasteiger partial charge in [0.1, 0.15) is 13.2 Å². The molecule has 1 atom stereocenters. The largest absolute Gasteiger partial charge is 0.445 e. The molecule has 12 heteroatoms. The summed E-state index contributed by atoms with van der Waals surface area (Å²) in [5, 5.41) is 13.8. The number of methoxy groups -OCH3 is 1. The molecule has 0 saturated carbocycles. The Morgan fingerprint density at radius 2 is 1.14 bits per heavy atom. The van der Waals surface area contributed by atoms with Crippen molar-refractivity contribution in [1.29, 1.82) is 0 Å². The number of likely N-dealkylation sites (N-methyl/N-ethyl adjacent to an activating group) is 1. The summed E-state index contributed by atoms with van der Waals surface area (Å²) in [6.45, 7) is 9.93. The van der Waals surface area contributed by atoms with E-state index in [0.717, 1.165) is 35.3 Å². The number of rotatable bonds is 15. The van der Waals surface area contributed by atoms with E-state index in [4.69, 9.17) is 19.9 Å². The minimum atomic E-state index is -0.493. The quantitative estimate of drug-likeness (QED) is 0.153. The van der Waals surface area contributed by atoms with Crippen LogP contribution in [-0.2, 0) is 32.2 Å². The van der Waals surface area contributed by atoms with Gasteiger partial charge in [0.2, 0.25) is 5.91 Å². The summed E-state index contributed by atoms with van der Waals surface area (Å²) in [4.78, 5) is 34.0. The molecule has 0 radical (unpaired) electrons. The summed E-state index contributed by atoms with van der Waals surface area (Å²) in [6.07, 6.45) is 1.23. The Hall–Kier alpha value is -4.03. The molecule has 0 aliphatic rings. The minimum Gasteiger partial charge on any atom is -0.445 e. The summed E-state index contributed by atoms with van der Waals surface area (Å²) >= 11 is 0. The van der Waals surface area contributed by atoms with E-state index in [2.05, 4.69) is 26.6 Å². The summed E-state index contributed by atoms with van der Waals surface area (Å²) in [5.74, 6) is -0.165. The van der Waals surface area contributed by atoms with Crippen LogP contribution in [0.5, 0.6) is 0 Å². The van der Waals surface area contributed by atoms with Gasteiger partial charge in [-0.3, -0.25) is 4.79 Å². The first-order valence-electron chi connectivity index (χ1n) is 15.1. The molecule has 2 aromatic carbocycles. The van der Waals surface area contributed by atoms with E-state index in [1.165, 1.54) is 0 Å². The molecule has 0 heterocycles. The SMILES string of the molecule is CC.CC.CNC(=O)C(N)CCCCNC(=O)OCc1ccc(NC)cc1.CNc1ccc(COC(=O)NCCOC)cc1. The van der Waals surface area contributed by atoms with Crippen molar-refractivity contribution in [2.75, 3.05) is 58.6 Å². The van der Waals surface area contributed by atoms with E-state index in [-0.39, 0.29) is 19.1 Å². The van der Waals surface area contributed by atoms with Crippen molar-refractivity contribution in [2.24, 2.45) is 5.73 Å². The van der Waals surface area contributed by atoms with E-state index >= 15 is 0 Å². The van der Waals surface area contributed by atoms with Gasteiger partial charge in [-0.05, 0) is 54.7 Å². The van der Waals surface area contributed by atoms with Crippen LogP contribution < -0.4 is 32.3 Å². The Morgan fingerprint density at radius 3 is 1.52 bits per heavy atom. The fraction of sp³-hybridized carbons (Fsp3) is 0.531. The Balaban J connectivity index is 0. The molecule has 44 heavy (non-hydrogen) atoms. The molecular weight excluding hydrogens is 564 g/mol. The maximum absolute atomic E-state index is 11.6. The Kier molecular flexibility index (Phi) is 27.8. The van der Waals surface area contributed by atoms with Crippen LogP contribution in [0, 0.1) is 0 Å². The van der Waals surface area contributed by atoms with Crippen LogP contribution in [0.25, 0.3) is 0 Å². The van der Waals surface area contributed by atoms with Crippen LogP contribution in [0.2, 0.25) is 0 Å². The molecule has 0 fully saturated rings. The average Bonchev–Trinajstić information content (AvgIpc) is 3.08. The van der Waals surface area contributed by atoms with Crippen LogP contribution >= 0.6 is 0 Å². The number of unbranched alkanes of at least 4 members (excludes halogenated alkanes) is 1. The maximum atomic E-state index is 11.6. The highest BCUT2D eigenvalue weighted by Crippen LogP contribution is 2.10. The number of hydrogen-bond acceptors (Lipinski definition) is 9. The van der Waals surface area contributed by atoms with Crippen LogP contribution in [-0.4, -0.2) is 72.1 Å². The summed E-state index contributed by atoms with van der Waals surface area (Å²) in [7, 11) is 6.84. The lowest BCUT2D eigenvalue weighted by atomic mass is 10.1. The van der Waals surface area contributed by atoms with Gasteiger partial charge in [0, 0.05) is 52.7 Å². The number of amides is 3. The van der Waals surface area contributed by atoms with Crippen molar-refractivity contribution in [3.63, 3.8) is 0 Å². The maximum Gasteiger partial charge on any atom is 0.407 e. The van der Waals surface area contributed by atoms with Crippen molar-refractivity contribution in [1.82, 2.24) is 16.0 Å². The van der Waals surface area contributed by atoms with Crippen LogP contribution in [0.3, 0.4) is 0 Å². The second-order valence-corrected chi connectivity index (χ2v) is 8.61. The van der Waals surface area contributed by atoms with E-state index in [1.807, 2.05) is 90.3 Å². The molecule has 0 aliphatic carbocycles. The van der Waals surface area contributed by atoms with Crippen LogP contribution in [0.1, 0.15) is 58.1 Å². The summed E-state index contributed by atoms with van der Waals surface area (Å²) in [5.41, 5.74) is 9.58. The zero-order valence-electron chi connectivity index (χ0n) is 27.9. The second kappa shape index (κ2) is 29.1. The lowest BCUT2D eigenvalue weighted by molar-refractivity contribution is -0.122. The monoisotopic (exact) mass is 620 g/mol. The molecule has 3 amide bonds. The Morgan fingerprint density at radius 1 is 0.705 bits per heavy atom. The summed E-state index contributed by atoms with van der Waals surface area (Å²) in [6, 6.07) is 14.8. The molecule has 250 valence electrons. The predicted octanol–water partition coefficient (Wildman–Crippen LogP) is 4.85. The van der Waals surface area contributed by atoms with Gasteiger partial charge in [-0.15, -0.1) is 0 Å². The number of alkyl carbamates (subject to hydrolysis) is 2. The second-order valence-electron chi connectivity index (χ2n) is 8.61. The number of nitrogens with two attached hydrogens (primary N) is 1. The van der Waals surface area contributed by atoms with Gasteiger partial charge in [-0.1, -0.05) is 52.0 Å². The number of carbonyl (C=O) groups excluding carboxylic acids is 3. The fourth-order valence-corrected chi connectivity index (χ4v) is 3.19. The standard InChI is InChI=1S/C16H26N4O3.C12H18N2O3.2C2H6/c1-18-13-8-6-12(7-9-13)11-23-16(22)20-10-4-3-5-14(17)15(21)19-2;1-13-11-5-3-10(4-6-11)9-17-12(15)14-7-8-16-2;2*1-2/h6-9,14,18H,3-5,10-11,17H2,1-2H3,(H,19,21)(H,20,22);3-6,13H,7-9H2,1-2H3,(H,14,15);2*1-2H3. The van der Waals surface area contributed by atoms with Crippen molar-refractivity contribution in [2.45, 2.75) is 66.2 Å². The Bertz CT molecular complexity index is 990. The van der Waals surface area contributed by atoms with Gasteiger partial charge < -0.3 is 46.5 Å². The first kappa shape index (κ1) is 42.1. The topological polar surface area (TPSA) is 165 Å². The van der Waals surface area contributed by atoms with Gasteiger partial charge in [0.15, 0.2) is 0 Å². The third kappa shape index (κ3) is 21.6. The lowest BCUT2D eigenvalue weighted by Gasteiger charge is -2.10. The molecule has 7 N–H and O–H groups in total. The number of carbonyl (C=O) groups is 3. The summed E-state index contributed by atoms with van der Waals surface area (Å²) < 4.78 is 15.0.